The van der Waals surface area contributed by atoms with Gasteiger partial charge in [-0.1, -0.05) is 0 Å². The van der Waals surface area contributed by atoms with Gasteiger partial charge in [-0.25, -0.2) is 0 Å². The third-order valence-corrected chi connectivity index (χ3v) is 5.11. The second-order valence-corrected chi connectivity index (χ2v) is 6.23. The highest BCUT2D eigenvalue weighted by Crippen LogP contribution is 2.44. The van der Waals surface area contributed by atoms with Crippen molar-refractivity contribution >= 4 is 0 Å². The van der Waals surface area contributed by atoms with Crippen LogP contribution in [0.25, 0.3) is 0 Å². The van der Waals surface area contributed by atoms with E-state index in [0.29, 0.717) is 5.54 Å². The Bertz CT molecular complexity index is 213. The Morgan fingerprint density at radius 3 is 2.44 bits per heavy atom. The fourth-order valence-electron chi connectivity index (χ4n) is 3.84. The van der Waals surface area contributed by atoms with E-state index in [4.69, 9.17) is 4.74 Å². The highest BCUT2D eigenvalue weighted by Gasteiger charge is 2.40. The molecule has 0 spiro atoms. The summed E-state index contributed by atoms with van der Waals surface area (Å²) in [6.45, 7) is 3.18. The first kappa shape index (κ1) is 11.0. The van der Waals surface area contributed by atoms with E-state index < -0.39 is 0 Å². The van der Waals surface area contributed by atoms with E-state index >= 15 is 0 Å². The largest absolute Gasteiger partial charge is 0.381 e. The van der Waals surface area contributed by atoms with Crippen LogP contribution in [0.2, 0.25) is 0 Å². The lowest BCUT2D eigenvalue weighted by molar-refractivity contribution is 0.0416. The number of hydrogen-bond donors (Lipinski definition) is 1. The summed E-state index contributed by atoms with van der Waals surface area (Å²) in [6.07, 6.45) is 11.4. The van der Waals surface area contributed by atoms with Crippen LogP contribution in [-0.2, 0) is 4.74 Å². The molecule has 1 unspecified atom stereocenters. The molecule has 1 aliphatic heterocycles. The zero-order valence-electron chi connectivity index (χ0n) is 10.3. The molecule has 0 amide bonds. The number of rotatable bonds is 3. The third kappa shape index (κ3) is 2.28. The van der Waals surface area contributed by atoms with Crippen molar-refractivity contribution in [2.24, 2.45) is 11.8 Å². The molecule has 0 aromatic rings. The van der Waals surface area contributed by atoms with Gasteiger partial charge in [-0.15, -0.1) is 0 Å². The van der Waals surface area contributed by atoms with Gasteiger partial charge in [0.1, 0.15) is 0 Å². The monoisotopic (exact) mass is 223 g/mol. The molecule has 1 atom stereocenters. The summed E-state index contributed by atoms with van der Waals surface area (Å²) >= 11 is 0. The minimum atomic E-state index is 0.534. The lowest BCUT2D eigenvalue weighted by Crippen LogP contribution is -2.53. The number of nitrogens with one attached hydrogen (secondary N) is 1. The van der Waals surface area contributed by atoms with E-state index in [9.17, 15) is 0 Å². The molecule has 2 heteroatoms. The molecule has 1 saturated heterocycles. The molecular formula is C14H25NO. The van der Waals surface area contributed by atoms with Crippen LogP contribution in [0.15, 0.2) is 0 Å². The summed E-state index contributed by atoms with van der Waals surface area (Å²) in [6, 6.07) is 0. The first-order valence-corrected chi connectivity index (χ1v) is 7.19. The third-order valence-electron chi connectivity index (χ3n) is 5.11. The predicted molar refractivity (Wildman–Crippen MR) is 65.5 cm³/mol. The Balaban J connectivity index is 1.49. The SMILES string of the molecule is C1COCC(CNC23CCC(CC2)CC3)C1. The van der Waals surface area contributed by atoms with Gasteiger partial charge in [0.15, 0.2) is 0 Å². The maximum absolute atomic E-state index is 5.56. The van der Waals surface area contributed by atoms with Crippen molar-refractivity contribution in [1.82, 2.24) is 5.32 Å². The van der Waals surface area contributed by atoms with Crippen molar-refractivity contribution in [2.45, 2.75) is 56.9 Å². The molecule has 2 nitrogen and oxygen atoms in total. The Morgan fingerprint density at radius 1 is 1.06 bits per heavy atom. The van der Waals surface area contributed by atoms with Crippen LogP contribution in [0.1, 0.15) is 51.4 Å². The van der Waals surface area contributed by atoms with Crippen LogP contribution in [0.5, 0.6) is 0 Å². The van der Waals surface area contributed by atoms with Crippen molar-refractivity contribution in [3.63, 3.8) is 0 Å². The van der Waals surface area contributed by atoms with Gasteiger partial charge in [0.05, 0.1) is 6.61 Å². The molecule has 4 rings (SSSR count). The van der Waals surface area contributed by atoms with E-state index in [1.807, 2.05) is 0 Å². The van der Waals surface area contributed by atoms with E-state index in [2.05, 4.69) is 5.32 Å². The minimum absolute atomic E-state index is 0.534. The van der Waals surface area contributed by atoms with Gasteiger partial charge in [0.25, 0.3) is 0 Å². The second kappa shape index (κ2) is 4.66. The van der Waals surface area contributed by atoms with Crippen LogP contribution in [0, 0.1) is 11.8 Å². The van der Waals surface area contributed by atoms with Gasteiger partial charge in [0.2, 0.25) is 0 Å². The van der Waals surface area contributed by atoms with Crippen LogP contribution in [-0.4, -0.2) is 25.3 Å². The summed E-state index contributed by atoms with van der Waals surface area (Å²) in [4.78, 5) is 0. The molecule has 1 heterocycles. The second-order valence-electron chi connectivity index (χ2n) is 6.23. The van der Waals surface area contributed by atoms with E-state index in [0.717, 1.165) is 25.0 Å². The van der Waals surface area contributed by atoms with Crippen molar-refractivity contribution < 1.29 is 4.74 Å². The lowest BCUT2D eigenvalue weighted by atomic mass is 9.65. The molecular weight excluding hydrogens is 198 g/mol. The fraction of sp³-hybridized carbons (Fsp3) is 1.00. The van der Waals surface area contributed by atoms with Crippen molar-refractivity contribution in [2.75, 3.05) is 19.8 Å². The maximum atomic E-state index is 5.56. The van der Waals surface area contributed by atoms with Gasteiger partial charge in [-0.3, -0.25) is 0 Å². The minimum Gasteiger partial charge on any atom is -0.381 e. The molecule has 2 bridgehead atoms. The van der Waals surface area contributed by atoms with Gasteiger partial charge >= 0.3 is 0 Å². The first-order valence-electron chi connectivity index (χ1n) is 7.19. The Hall–Kier alpha value is -0.0800. The summed E-state index contributed by atoms with van der Waals surface area (Å²) < 4.78 is 5.56. The summed E-state index contributed by atoms with van der Waals surface area (Å²) in [5.74, 6) is 1.85. The smallest absolute Gasteiger partial charge is 0.0506 e. The Morgan fingerprint density at radius 2 is 1.81 bits per heavy atom. The molecule has 3 aliphatic carbocycles. The van der Waals surface area contributed by atoms with Crippen LogP contribution < -0.4 is 5.32 Å². The van der Waals surface area contributed by atoms with Crippen LogP contribution >= 0.6 is 0 Å². The molecule has 92 valence electrons. The van der Waals surface area contributed by atoms with Gasteiger partial charge in [0, 0.05) is 18.7 Å². The van der Waals surface area contributed by atoms with E-state index in [1.54, 1.807) is 0 Å². The molecule has 0 aromatic carbocycles. The topological polar surface area (TPSA) is 21.3 Å². The molecule has 16 heavy (non-hydrogen) atoms. The Labute approximate surface area is 99.1 Å². The Kier molecular flexibility index (Phi) is 3.21. The van der Waals surface area contributed by atoms with Gasteiger partial charge in [-0.2, -0.15) is 0 Å². The lowest BCUT2D eigenvalue weighted by Gasteiger charge is -2.48. The van der Waals surface area contributed by atoms with Crippen LogP contribution in [0.4, 0.5) is 0 Å². The predicted octanol–water partition coefficient (Wildman–Crippen LogP) is 2.73. The average molecular weight is 223 g/mol. The maximum Gasteiger partial charge on any atom is 0.0506 e. The van der Waals surface area contributed by atoms with E-state index in [1.165, 1.54) is 57.9 Å². The molecule has 0 radical (unpaired) electrons. The number of hydrogen-bond acceptors (Lipinski definition) is 2. The number of ether oxygens (including phenoxy) is 1. The summed E-state index contributed by atoms with van der Waals surface area (Å²) in [7, 11) is 0. The quantitative estimate of drug-likeness (QED) is 0.794. The number of fused-ring (bicyclic) bond motifs is 3. The molecule has 1 N–H and O–H groups in total. The highest BCUT2D eigenvalue weighted by atomic mass is 16.5. The summed E-state index contributed by atoms with van der Waals surface area (Å²) in [5, 5.41) is 3.91. The van der Waals surface area contributed by atoms with E-state index in [-0.39, 0.29) is 0 Å². The molecule has 4 aliphatic rings. The van der Waals surface area contributed by atoms with Crippen molar-refractivity contribution in [3.8, 4) is 0 Å². The van der Waals surface area contributed by atoms with Crippen molar-refractivity contribution in [1.29, 1.82) is 0 Å². The average Bonchev–Trinajstić information content (AvgIpc) is 2.40. The molecule has 3 saturated carbocycles. The van der Waals surface area contributed by atoms with Gasteiger partial charge in [-0.05, 0) is 63.2 Å². The normalized spacial score (nSPS) is 43.5. The molecule has 0 aromatic heterocycles. The molecule has 4 fully saturated rings. The highest BCUT2D eigenvalue weighted by molar-refractivity contribution is 4.98. The van der Waals surface area contributed by atoms with Crippen LogP contribution in [0.3, 0.4) is 0 Å². The zero-order valence-corrected chi connectivity index (χ0v) is 10.3. The standard InChI is InChI=1S/C14H25NO/c1-2-13(11-16-9-1)10-15-14-6-3-12(4-7-14)5-8-14/h12-13,15H,1-11H2. The summed E-state index contributed by atoms with van der Waals surface area (Å²) in [5.41, 5.74) is 0.534. The van der Waals surface area contributed by atoms with Crippen molar-refractivity contribution in [3.05, 3.63) is 0 Å². The van der Waals surface area contributed by atoms with Gasteiger partial charge < -0.3 is 10.1 Å². The fourth-order valence-corrected chi connectivity index (χ4v) is 3.84. The first-order chi connectivity index (χ1) is 7.86. The zero-order chi connectivity index (χ0) is 10.8.